The SMILES string of the molecule is N#CC1CCCCC1Nc1cc[nH]c(=O)c1C(=N)Nc1ccc(-c2nc(-c3cc(NC4CCCCC4C#N)c(C(=N)Nc4ccc(-c5noc(-c6cc7c(c(Nc8ccc(-c9ccon9)cc8)nn7C7CCCCC7C#N)c(=O)[nH]6)n5)cc4)c(=O)[nH]3)cs2)cc1. The highest BCUT2D eigenvalue weighted by molar-refractivity contribution is 7.13. The van der Waals surface area contributed by atoms with E-state index in [1.165, 1.54) is 23.8 Å². The minimum absolute atomic E-state index is 0.0393. The van der Waals surface area contributed by atoms with E-state index in [4.69, 9.17) is 24.5 Å². The Morgan fingerprint density at radius 1 is 0.611 bits per heavy atom. The second-order valence-electron chi connectivity index (χ2n) is 22.8. The van der Waals surface area contributed by atoms with Crippen molar-refractivity contribution in [1.29, 1.82) is 26.6 Å². The molecule has 10 aromatic rings. The molecule has 10 N–H and O–H groups in total. The molecule has 7 heterocycles. The van der Waals surface area contributed by atoms with Crippen LogP contribution in [0.1, 0.15) is 94.2 Å². The van der Waals surface area contributed by atoms with Crippen LogP contribution in [0.2, 0.25) is 0 Å². The highest BCUT2D eigenvalue weighted by atomic mass is 32.1. The summed E-state index contributed by atoms with van der Waals surface area (Å²) in [5, 5.41) is 80.7. The highest BCUT2D eigenvalue weighted by Crippen LogP contribution is 2.39. The molecule has 7 aromatic heterocycles. The van der Waals surface area contributed by atoms with Gasteiger partial charge in [0.05, 0.1) is 70.3 Å². The number of fused-ring (bicyclic) bond motifs is 1. The Morgan fingerprint density at radius 3 is 1.88 bits per heavy atom. The van der Waals surface area contributed by atoms with Crippen molar-refractivity contribution in [3.05, 3.63) is 157 Å². The first-order valence-electron chi connectivity index (χ1n) is 29.9. The molecule has 25 heteroatoms. The molecule has 3 aliphatic rings. The maximum absolute atomic E-state index is 14.3. The van der Waals surface area contributed by atoms with Crippen molar-refractivity contribution in [2.24, 2.45) is 17.8 Å². The molecule has 0 spiro atoms. The van der Waals surface area contributed by atoms with Gasteiger partial charge >= 0.3 is 0 Å². The van der Waals surface area contributed by atoms with Gasteiger partial charge in [-0.1, -0.05) is 61.0 Å². The van der Waals surface area contributed by atoms with E-state index < -0.39 is 16.7 Å². The van der Waals surface area contributed by atoms with Crippen molar-refractivity contribution in [1.82, 2.24) is 45.0 Å². The molecule has 0 radical (unpaired) electrons. The van der Waals surface area contributed by atoms with E-state index in [1.54, 1.807) is 65.3 Å². The average Bonchev–Trinajstić information content (AvgIpc) is 1.61. The van der Waals surface area contributed by atoms with Gasteiger partial charge in [-0.25, -0.2) is 4.98 Å². The fraction of sp³-hybridized carbons (Fsp3) is 0.277. The summed E-state index contributed by atoms with van der Waals surface area (Å²) in [4.78, 5) is 59.7. The minimum Gasteiger partial charge on any atom is -0.380 e. The molecule has 0 aliphatic heterocycles. The lowest BCUT2D eigenvalue weighted by molar-refractivity contribution is 0.277. The number of benzene rings is 3. The van der Waals surface area contributed by atoms with Gasteiger partial charge in [0, 0.05) is 63.5 Å². The quantitative estimate of drug-likeness (QED) is 0.0317. The van der Waals surface area contributed by atoms with Gasteiger partial charge in [-0.15, -0.1) is 11.3 Å². The molecule has 0 bridgehead atoms. The van der Waals surface area contributed by atoms with Crippen molar-refractivity contribution < 1.29 is 9.05 Å². The fourth-order valence-corrected chi connectivity index (χ4v) is 13.2. The van der Waals surface area contributed by atoms with Gasteiger partial charge in [0.2, 0.25) is 5.82 Å². The Labute approximate surface area is 517 Å². The van der Waals surface area contributed by atoms with Gasteiger partial charge in [0.1, 0.15) is 50.8 Å². The standard InChI is InChI=1S/C65H59N19O5S/c66-31-38-7-1-4-10-44(38)75-47-25-27-71-61(85)54(47)57(69)72-42-23-17-37(18-24-42)65-79-51(34-90-65)48-29-49(76-45-11-5-2-8-39(45)32-67)55(62(86)77-48)58(70)73-41-21-15-36(16-22-41)59-80-64(89-83-59)50-30-53-56(63(87)78-50)60(81-84(53)52-12-6-3-9-40(52)33-68)74-43-19-13-35(14-20-43)46-26-28-88-82-46/h13-30,34,38-40,44-45,52H,1-12H2,(H2,69,72)(H2,70,73)(H,74,81)(H,78,87)(H2,71,75,85)(H2,76,77,86). The van der Waals surface area contributed by atoms with Gasteiger partial charge < -0.3 is 50.6 Å². The van der Waals surface area contributed by atoms with Crippen LogP contribution in [0, 0.1) is 62.6 Å². The monoisotopic (exact) mass is 1220 g/mol. The number of nitriles is 3. The zero-order valence-electron chi connectivity index (χ0n) is 48.4. The van der Waals surface area contributed by atoms with Crippen molar-refractivity contribution in [3.63, 3.8) is 0 Å². The third-order valence-corrected chi connectivity index (χ3v) is 18.0. The summed E-state index contributed by atoms with van der Waals surface area (Å²) in [6.45, 7) is 0. The number of pyridine rings is 3. The third kappa shape index (κ3) is 11.9. The van der Waals surface area contributed by atoms with Crippen molar-refractivity contribution in [2.75, 3.05) is 26.6 Å². The first kappa shape index (κ1) is 57.8. The molecular weight excluding hydrogens is 1160 g/mol. The lowest BCUT2D eigenvalue weighted by Crippen LogP contribution is -2.34. The number of aromatic nitrogens is 9. The third-order valence-electron chi connectivity index (χ3n) is 17.1. The maximum atomic E-state index is 14.3. The number of nitrogens with zero attached hydrogens (tertiary/aromatic N) is 9. The van der Waals surface area contributed by atoms with Gasteiger partial charge in [-0.05, 0) is 117 Å². The summed E-state index contributed by atoms with van der Waals surface area (Å²) in [5.41, 5.74) is 5.86. The first-order chi connectivity index (χ1) is 44.0. The Kier molecular flexibility index (Phi) is 16.2. The fourth-order valence-electron chi connectivity index (χ4n) is 12.4. The summed E-state index contributed by atoms with van der Waals surface area (Å²) in [6.07, 6.45) is 13.0. The molecule has 3 saturated carbocycles. The zero-order chi connectivity index (χ0) is 61.8. The molecule has 0 amide bonds. The molecule has 3 fully saturated rings. The van der Waals surface area contributed by atoms with Crippen LogP contribution in [0.4, 0.5) is 34.3 Å². The van der Waals surface area contributed by atoms with E-state index >= 15 is 0 Å². The Morgan fingerprint density at radius 2 is 1.21 bits per heavy atom. The second-order valence-corrected chi connectivity index (χ2v) is 23.7. The van der Waals surface area contributed by atoms with Crippen LogP contribution in [0.5, 0.6) is 0 Å². The van der Waals surface area contributed by atoms with Crippen LogP contribution in [0.3, 0.4) is 0 Å². The normalized spacial score (nSPS) is 19.0. The predicted octanol–water partition coefficient (Wildman–Crippen LogP) is 12.1. The largest absolute Gasteiger partial charge is 0.380 e. The van der Waals surface area contributed by atoms with Crippen LogP contribution >= 0.6 is 11.3 Å². The topological polar surface area (TPSA) is 373 Å². The van der Waals surface area contributed by atoms with Gasteiger partial charge in [0.25, 0.3) is 22.6 Å². The molecule has 13 rings (SSSR count). The molecule has 24 nitrogen and oxygen atoms in total. The number of hydrogen-bond acceptors (Lipinski definition) is 19. The number of anilines is 6. The maximum Gasteiger partial charge on any atom is 0.274 e. The molecule has 6 unspecified atom stereocenters. The van der Waals surface area contributed by atoms with Crippen LogP contribution in [-0.4, -0.2) is 68.8 Å². The Hall–Kier alpha value is -11.2. The van der Waals surface area contributed by atoms with Crippen LogP contribution in [-0.2, 0) is 0 Å². The first-order valence-corrected chi connectivity index (χ1v) is 30.7. The summed E-state index contributed by atoms with van der Waals surface area (Å²) < 4.78 is 12.6. The summed E-state index contributed by atoms with van der Waals surface area (Å²) in [7, 11) is 0. The Bertz CT molecular complexity index is 4640. The number of hydrogen-bond donors (Lipinski definition) is 10. The zero-order valence-corrected chi connectivity index (χ0v) is 49.2. The van der Waals surface area contributed by atoms with E-state index in [-0.39, 0.29) is 76.1 Å². The van der Waals surface area contributed by atoms with E-state index in [2.05, 4.69) is 75.0 Å². The molecule has 3 aliphatic carbocycles. The van der Waals surface area contributed by atoms with Crippen molar-refractivity contribution in [2.45, 2.75) is 95.2 Å². The van der Waals surface area contributed by atoms with Gasteiger partial charge in [-0.2, -0.15) is 25.9 Å². The van der Waals surface area contributed by atoms with E-state index in [0.29, 0.717) is 98.5 Å². The molecule has 3 aromatic carbocycles. The number of aromatic amines is 3. The number of amidine groups is 2. The minimum atomic E-state index is -0.552. The molecule has 0 saturated heterocycles. The van der Waals surface area contributed by atoms with Gasteiger partial charge in [-0.3, -0.25) is 29.9 Å². The highest BCUT2D eigenvalue weighted by Gasteiger charge is 2.32. The van der Waals surface area contributed by atoms with E-state index in [0.717, 1.165) is 62.5 Å². The van der Waals surface area contributed by atoms with Crippen molar-refractivity contribution >= 4 is 68.2 Å². The lowest BCUT2D eigenvalue weighted by atomic mass is 9.85. The molecular formula is C65H59N19O5S. The molecule has 6 atom stereocenters. The average molecular weight is 1220 g/mol. The summed E-state index contributed by atoms with van der Waals surface area (Å²) in [6, 6.07) is 35.3. The summed E-state index contributed by atoms with van der Waals surface area (Å²) in [5.74, 6) is -0.515. The van der Waals surface area contributed by atoms with Crippen molar-refractivity contribution in [3.8, 4) is 74.4 Å². The van der Waals surface area contributed by atoms with Crippen LogP contribution < -0.4 is 43.3 Å². The number of H-pyrrole nitrogens is 3. The predicted molar refractivity (Wildman–Crippen MR) is 342 cm³/mol. The van der Waals surface area contributed by atoms with E-state index in [9.17, 15) is 35.6 Å². The molecule has 450 valence electrons. The smallest absolute Gasteiger partial charge is 0.274 e. The number of rotatable bonds is 16. The lowest BCUT2D eigenvalue weighted by Gasteiger charge is -2.29. The van der Waals surface area contributed by atoms with E-state index in [1.807, 2.05) is 41.8 Å². The van der Waals surface area contributed by atoms with Crippen LogP contribution in [0.15, 0.2) is 138 Å². The number of thiazole rings is 1. The number of nitrogens with one attached hydrogen (secondary N) is 10. The summed E-state index contributed by atoms with van der Waals surface area (Å²) >= 11 is 1.37. The van der Waals surface area contributed by atoms with Crippen LogP contribution in [0.25, 0.3) is 67.1 Å². The van der Waals surface area contributed by atoms with Gasteiger partial charge in [0.15, 0.2) is 5.82 Å². The second kappa shape index (κ2) is 25.2. The Balaban J connectivity index is 0.721. The molecule has 90 heavy (non-hydrogen) atoms.